The molecule has 4 amide bonds. The molecular formula is C19H18BrN3O4. The lowest BCUT2D eigenvalue weighted by Crippen LogP contribution is -2.55. The van der Waals surface area contributed by atoms with E-state index in [1.165, 1.54) is 4.90 Å². The Morgan fingerprint density at radius 3 is 2.44 bits per heavy atom. The molecule has 0 saturated carbocycles. The second kappa shape index (κ2) is 6.84. The number of piperidine rings is 1. The van der Waals surface area contributed by atoms with Gasteiger partial charge in [0.1, 0.15) is 5.54 Å². The smallest absolute Gasteiger partial charge is 0.325 e. The number of hydrogen-bond donors (Lipinski definition) is 1. The molecule has 2 aromatic rings. The number of carbonyl (C=O) groups excluding carboxylic acids is 3. The summed E-state index contributed by atoms with van der Waals surface area (Å²) in [5, 5.41) is 2.86. The minimum atomic E-state index is -0.924. The number of rotatable bonds is 3. The fraction of sp³-hybridized carbons (Fsp3) is 0.316. The second-order valence-electron chi connectivity index (χ2n) is 6.79. The molecule has 27 heavy (non-hydrogen) atoms. The molecule has 140 valence electrons. The molecule has 2 fully saturated rings. The fourth-order valence-corrected chi connectivity index (χ4v) is 3.91. The number of imide groups is 1. The summed E-state index contributed by atoms with van der Waals surface area (Å²) in [6.45, 7) is 1.00. The summed E-state index contributed by atoms with van der Waals surface area (Å²) >= 11 is 3.19. The van der Waals surface area contributed by atoms with Crippen LogP contribution in [0, 0.1) is 0 Å². The van der Waals surface area contributed by atoms with Crippen LogP contribution in [-0.2, 0) is 11.3 Å². The largest absolute Gasteiger partial charge is 0.444 e. The first-order valence-corrected chi connectivity index (χ1v) is 9.50. The van der Waals surface area contributed by atoms with Crippen molar-refractivity contribution in [1.82, 2.24) is 15.1 Å². The van der Waals surface area contributed by atoms with Gasteiger partial charge in [0.2, 0.25) is 0 Å². The average Bonchev–Trinajstić information content (AvgIpc) is 3.20. The molecule has 4 rings (SSSR count). The van der Waals surface area contributed by atoms with E-state index in [-0.39, 0.29) is 30.2 Å². The molecule has 0 aliphatic carbocycles. The molecule has 0 bridgehead atoms. The summed E-state index contributed by atoms with van der Waals surface area (Å²) in [5.41, 5.74) is -0.0269. The first-order valence-electron chi connectivity index (χ1n) is 8.71. The van der Waals surface area contributed by atoms with Crippen molar-refractivity contribution in [1.29, 1.82) is 0 Å². The molecule has 0 unspecified atom stereocenters. The fourth-order valence-electron chi connectivity index (χ4n) is 3.60. The number of carbonyl (C=O) groups is 3. The van der Waals surface area contributed by atoms with Crippen LogP contribution >= 0.6 is 15.9 Å². The topological polar surface area (TPSA) is 82.9 Å². The highest BCUT2D eigenvalue weighted by Gasteiger charge is 2.52. The number of halogens is 1. The molecule has 3 heterocycles. The van der Waals surface area contributed by atoms with Crippen LogP contribution in [0.25, 0.3) is 0 Å². The van der Waals surface area contributed by atoms with E-state index in [2.05, 4.69) is 21.2 Å². The van der Waals surface area contributed by atoms with Crippen LogP contribution in [0.3, 0.4) is 0 Å². The second-order valence-corrected chi connectivity index (χ2v) is 7.57. The number of urea groups is 1. The number of amides is 4. The van der Waals surface area contributed by atoms with E-state index in [1.54, 1.807) is 17.0 Å². The molecule has 2 aliphatic heterocycles. The van der Waals surface area contributed by atoms with E-state index in [0.29, 0.717) is 30.6 Å². The van der Waals surface area contributed by atoms with Gasteiger partial charge in [-0.1, -0.05) is 30.3 Å². The van der Waals surface area contributed by atoms with Gasteiger partial charge in [-0.15, -0.1) is 0 Å². The van der Waals surface area contributed by atoms with Gasteiger partial charge in [-0.05, 0) is 46.5 Å². The van der Waals surface area contributed by atoms with Gasteiger partial charge in [-0.3, -0.25) is 14.5 Å². The van der Waals surface area contributed by atoms with Crippen molar-refractivity contribution < 1.29 is 18.8 Å². The molecule has 0 atom stereocenters. The van der Waals surface area contributed by atoms with Crippen molar-refractivity contribution in [2.45, 2.75) is 24.9 Å². The minimum Gasteiger partial charge on any atom is -0.444 e. The van der Waals surface area contributed by atoms with Crippen molar-refractivity contribution in [2.75, 3.05) is 13.1 Å². The molecule has 0 radical (unpaired) electrons. The average molecular weight is 432 g/mol. The Kier molecular flexibility index (Phi) is 4.51. The zero-order chi connectivity index (χ0) is 19.0. The SMILES string of the molecule is O=C(c1ccc(Br)o1)N1CCC2(CC1)NC(=O)N(Cc1ccccc1)C2=O. The van der Waals surface area contributed by atoms with Gasteiger partial charge >= 0.3 is 6.03 Å². The molecule has 1 aromatic heterocycles. The van der Waals surface area contributed by atoms with E-state index in [0.717, 1.165) is 5.56 Å². The van der Waals surface area contributed by atoms with Gasteiger partial charge in [-0.2, -0.15) is 0 Å². The van der Waals surface area contributed by atoms with Gasteiger partial charge in [0.05, 0.1) is 6.54 Å². The van der Waals surface area contributed by atoms with Crippen molar-refractivity contribution in [3.05, 3.63) is 58.5 Å². The summed E-state index contributed by atoms with van der Waals surface area (Å²) in [6, 6.07) is 12.3. The molecular weight excluding hydrogens is 414 g/mol. The summed E-state index contributed by atoms with van der Waals surface area (Å²) < 4.78 is 5.81. The number of nitrogens with one attached hydrogen (secondary N) is 1. The van der Waals surface area contributed by atoms with E-state index >= 15 is 0 Å². The Morgan fingerprint density at radius 2 is 1.81 bits per heavy atom. The van der Waals surface area contributed by atoms with Crippen LogP contribution < -0.4 is 5.32 Å². The van der Waals surface area contributed by atoms with Crippen LogP contribution in [0.5, 0.6) is 0 Å². The Balaban J connectivity index is 1.44. The maximum Gasteiger partial charge on any atom is 0.325 e. The number of nitrogens with zero attached hydrogens (tertiary/aromatic N) is 2. The zero-order valence-electron chi connectivity index (χ0n) is 14.5. The molecule has 1 aromatic carbocycles. The Labute approximate surface area is 164 Å². The standard InChI is InChI=1S/C19H18BrN3O4/c20-15-7-6-14(27-15)16(24)22-10-8-19(9-11-22)17(25)23(18(26)21-19)12-13-4-2-1-3-5-13/h1-7H,8-12H2,(H,21,26). The third-order valence-electron chi connectivity index (χ3n) is 5.12. The van der Waals surface area contributed by atoms with E-state index in [1.807, 2.05) is 30.3 Å². The summed E-state index contributed by atoms with van der Waals surface area (Å²) in [5.74, 6) is -0.178. The van der Waals surface area contributed by atoms with Crippen LogP contribution in [0.15, 0.2) is 51.6 Å². The normalized spacial score (nSPS) is 18.9. The lowest BCUT2D eigenvalue weighted by Gasteiger charge is -2.36. The predicted molar refractivity (Wildman–Crippen MR) is 99.8 cm³/mol. The summed E-state index contributed by atoms with van der Waals surface area (Å²) in [6.07, 6.45) is 0.771. The number of furan rings is 1. The van der Waals surface area contributed by atoms with Crippen LogP contribution in [0.4, 0.5) is 4.79 Å². The van der Waals surface area contributed by atoms with Gasteiger partial charge in [-0.25, -0.2) is 4.79 Å². The van der Waals surface area contributed by atoms with Gasteiger partial charge in [0.15, 0.2) is 10.4 Å². The quantitative estimate of drug-likeness (QED) is 0.757. The van der Waals surface area contributed by atoms with Crippen molar-refractivity contribution >= 4 is 33.8 Å². The van der Waals surface area contributed by atoms with Crippen molar-refractivity contribution in [2.24, 2.45) is 0 Å². The molecule has 8 heteroatoms. The first kappa shape index (κ1) is 17.8. The number of hydrogen-bond acceptors (Lipinski definition) is 4. The van der Waals surface area contributed by atoms with Crippen LogP contribution in [0.2, 0.25) is 0 Å². The third kappa shape index (κ3) is 3.25. The number of likely N-dealkylation sites (tertiary alicyclic amines) is 1. The predicted octanol–water partition coefficient (Wildman–Crippen LogP) is 2.77. The van der Waals surface area contributed by atoms with Crippen molar-refractivity contribution in [3.63, 3.8) is 0 Å². The van der Waals surface area contributed by atoms with Crippen molar-refractivity contribution in [3.8, 4) is 0 Å². The molecule has 1 N–H and O–H groups in total. The zero-order valence-corrected chi connectivity index (χ0v) is 16.1. The molecule has 2 saturated heterocycles. The van der Waals surface area contributed by atoms with Gasteiger partial charge in [0, 0.05) is 13.1 Å². The summed E-state index contributed by atoms with van der Waals surface area (Å²) in [7, 11) is 0. The van der Waals surface area contributed by atoms with Gasteiger partial charge < -0.3 is 14.6 Å². The lowest BCUT2D eigenvalue weighted by molar-refractivity contribution is -0.133. The monoisotopic (exact) mass is 431 g/mol. The molecule has 7 nitrogen and oxygen atoms in total. The van der Waals surface area contributed by atoms with Crippen LogP contribution in [0.1, 0.15) is 29.0 Å². The minimum absolute atomic E-state index is 0.214. The summed E-state index contributed by atoms with van der Waals surface area (Å²) in [4.78, 5) is 40.8. The first-order chi connectivity index (χ1) is 13.0. The maximum atomic E-state index is 13.0. The highest BCUT2D eigenvalue weighted by atomic mass is 79.9. The number of benzene rings is 1. The Bertz CT molecular complexity index is 887. The van der Waals surface area contributed by atoms with E-state index in [9.17, 15) is 14.4 Å². The highest BCUT2D eigenvalue weighted by molar-refractivity contribution is 9.10. The van der Waals surface area contributed by atoms with E-state index in [4.69, 9.17) is 4.42 Å². The van der Waals surface area contributed by atoms with Crippen LogP contribution in [-0.4, -0.2) is 46.3 Å². The van der Waals surface area contributed by atoms with Gasteiger partial charge in [0.25, 0.3) is 11.8 Å². The maximum absolute atomic E-state index is 13.0. The Hall–Kier alpha value is -2.61. The molecule has 1 spiro atoms. The lowest BCUT2D eigenvalue weighted by atomic mass is 9.87. The highest BCUT2D eigenvalue weighted by Crippen LogP contribution is 2.31. The molecule has 2 aliphatic rings. The Morgan fingerprint density at radius 1 is 1.11 bits per heavy atom. The van der Waals surface area contributed by atoms with E-state index < -0.39 is 5.54 Å². The third-order valence-corrected chi connectivity index (χ3v) is 5.54.